The number of hydrogen-bond donors (Lipinski definition) is 2. The van der Waals surface area contributed by atoms with E-state index in [1.54, 1.807) is 22.9 Å². The molecule has 14 heavy (non-hydrogen) atoms. The summed E-state index contributed by atoms with van der Waals surface area (Å²) in [6.45, 7) is 1.82. The van der Waals surface area contributed by atoms with Crippen LogP contribution in [-0.4, -0.2) is 20.1 Å². The lowest BCUT2D eigenvalue weighted by atomic mass is 10.3. The predicted octanol–water partition coefficient (Wildman–Crippen LogP) is 0.864. The molecule has 1 aromatic heterocycles. The number of rotatable bonds is 1. The number of aromatic hydroxyl groups is 1. The van der Waals surface area contributed by atoms with E-state index >= 15 is 0 Å². The van der Waals surface area contributed by atoms with E-state index in [0.29, 0.717) is 5.82 Å². The highest BCUT2D eigenvalue weighted by atomic mass is 16.3. The molecule has 2 rings (SSSR count). The largest absolute Gasteiger partial charge is 0.508 e. The molecule has 0 unspecified atom stereocenters. The van der Waals surface area contributed by atoms with Crippen LogP contribution in [0.5, 0.6) is 5.75 Å². The molecule has 0 aliphatic carbocycles. The van der Waals surface area contributed by atoms with Crippen molar-refractivity contribution in [1.29, 1.82) is 0 Å². The number of nitrogens with two attached hydrogens (primary N) is 1. The van der Waals surface area contributed by atoms with Crippen LogP contribution in [0.2, 0.25) is 0 Å². The third-order valence-electron chi connectivity index (χ3n) is 2.00. The Kier molecular flexibility index (Phi) is 1.85. The van der Waals surface area contributed by atoms with Crippen LogP contribution in [0.3, 0.4) is 0 Å². The van der Waals surface area contributed by atoms with Crippen LogP contribution >= 0.6 is 0 Å². The van der Waals surface area contributed by atoms with Crippen molar-refractivity contribution in [1.82, 2.24) is 15.0 Å². The summed E-state index contributed by atoms with van der Waals surface area (Å²) in [6.07, 6.45) is 0. The molecule has 0 atom stereocenters. The number of phenolic OH excluding ortho intramolecular Hbond substituents is 1. The minimum atomic E-state index is 0.191. The summed E-state index contributed by atoms with van der Waals surface area (Å²) < 4.78 is 1.58. The van der Waals surface area contributed by atoms with Gasteiger partial charge >= 0.3 is 0 Å². The van der Waals surface area contributed by atoms with Gasteiger partial charge in [0, 0.05) is 6.07 Å². The molecule has 0 amide bonds. The van der Waals surface area contributed by atoms with Crippen LogP contribution < -0.4 is 5.73 Å². The molecule has 0 saturated carbocycles. The van der Waals surface area contributed by atoms with E-state index in [9.17, 15) is 5.11 Å². The maximum Gasteiger partial charge on any atom is 0.169 e. The fourth-order valence-electron chi connectivity index (χ4n) is 1.21. The van der Waals surface area contributed by atoms with Crippen LogP contribution in [0, 0.1) is 6.92 Å². The molecule has 1 aromatic carbocycles. The summed E-state index contributed by atoms with van der Waals surface area (Å²) in [4.78, 5) is 0. The first-order valence-corrected chi connectivity index (χ1v) is 4.15. The molecule has 1 heterocycles. The molecule has 0 fully saturated rings. The van der Waals surface area contributed by atoms with Crippen LogP contribution in [0.4, 0.5) is 5.82 Å². The minimum absolute atomic E-state index is 0.191. The van der Waals surface area contributed by atoms with Crippen molar-refractivity contribution in [3.8, 4) is 11.4 Å². The molecule has 0 saturated heterocycles. The van der Waals surface area contributed by atoms with Crippen LogP contribution in [0.15, 0.2) is 24.3 Å². The Balaban J connectivity index is 2.55. The number of nitrogens with zero attached hydrogens (tertiary/aromatic N) is 3. The van der Waals surface area contributed by atoms with Gasteiger partial charge in [-0.25, -0.2) is 4.68 Å². The quantitative estimate of drug-likeness (QED) is 0.699. The van der Waals surface area contributed by atoms with Crippen LogP contribution in [-0.2, 0) is 0 Å². The predicted molar refractivity (Wildman–Crippen MR) is 52.2 cm³/mol. The summed E-state index contributed by atoms with van der Waals surface area (Å²) in [5.41, 5.74) is 7.06. The zero-order chi connectivity index (χ0) is 10.1. The monoisotopic (exact) mass is 190 g/mol. The number of benzene rings is 1. The van der Waals surface area contributed by atoms with E-state index in [1.807, 2.05) is 13.0 Å². The molecule has 3 N–H and O–H groups in total. The van der Waals surface area contributed by atoms with Gasteiger partial charge in [0.15, 0.2) is 5.82 Å². The van der Waals surface area contributed by atoms with Crippen LogP contribution in [0.25, 0.3) is 5.69 Å². The van der Waals surface area contributed by atoms with E-state index in [1.165, 1.54) is 0 Å². The standard InChI is InChI=1S/C9H10N4O/c1-6-9(10)11-12-13(6)7-3-2-4-8(14)5-7/h2-5,14H,10H2,1H3. The average molecular weight is 190 g/mol. The van der Waals surface area contributed by atoms with E-state index in [2.05, 4.69) is 10.3 Å². The number of hydrogen-bond acceptors (Lipinski definition) is 4. The second-order valence-electron chi connectivity index (χ2n) is 2.99. The van der Waals surface area contributed by atoms with E-state index in [4.69, 9.17) is 5.73 Å². The zero-order valence-electron chi connectivity index (χ0n) is 7.68. The highest BCUT2D eigenvalue weighted by Gasteiger charge is 2.06. The summed E-state index contributed by atoms with van der Waals surface area (Å²) in [6, 6.07) is 6.75. The molecule has 5 nitrogen and oxygen atoms in total. The Morgan fingerprint density at radius 3 is 2.79 bits per heavy atom. The lowest BCUT2D eigenvalue weighted by molar-refractivity contribution is 0.474. The first kappa shape index (κ1) is 8.55. The fraction of sp³-hybridized carbons (Fsp3) is 0.111. The molecule has 72 valence electrons. The van der Waals surface area contributed by atoms with Crippen molar-refractivity contribution < 1.29 is 5.11 Å². The molecule has 0 spiro atoms. The van der Waals surface area contributed by atoms with Gasteiger partial charge in [0.25, 0.3) is 0 Å². The number of phenols is 1. The van der Waals surface area contributed by atoms with Crippen LogP contribution in [0.1, 0.15) is 5.69 Å². The summed E-state index contributed by atoms with van der Waals surface area (Å²) in [7, 11) is 0. The van der Waals surface area contributed by atoms with E-state index < -0.39 is 0 Å². The van der Waals surface area contributed by atoms with Gasteiger partial charge in [-0.3, -0.25) is 0 Å². The van der Waals surface area contributed by atoms with Crippen molar-refractivity contribution in [2.24, 2.45) is 0 Å². The number of nitrogen functional groups attached to an aromatic ring is 1. The van der Waals surface area contributed by atoms with E-state index in [0.717, 1.165) is 11.4 Å². The smallest absolute Gasteiger partial charge is 0.169 e. The summed E-state index contributed by atoms with van der Waals surface area (Å²) in [5, 5.41) is 16.9. The Morgan fingerprint density at radius 1 is 1.43 bits per heavy atom. The van der Waals surface area contributed by atoms with Gasteiger partial charge in [-0.15, -0.1) is 5.10 Å². The Labute approximate surface area is 80.8 Å². The van der Waals surface area contributed by atoms with Gasteiger partial charge < -0.3 is 10.8 Å². The Morgan fingerprint density at radius 2 is 2.21 bits per heavy atom. The maximum atomic E-state index is 9.28. The summed E-state index contributed by atoms with van der Waals surface area (Å²) in [5.74, 6) is 0.587. The number of aromatic nitrogens is 3. The first-order valence-electron chi connectivity index (χ1n) is 4.15. The number of anilines is 1. The molecule has 0 aliphatic heterocycles. The molecule has 0 bridgehead atoms. The Hall–Kier alpha value is -2.04. The fourth-order valence-corrected chi connectivity index (χ4v) is 1.21. The topological polar surface area (TPSA) is 77.0 Å². The lowest BCUT2D eigenvalue weighted by Crippen LogP contribution is -1.99. The second kappa shape index (κ2) is 3.02. The normalized spacial score (nSPS) is 10.4. The highest BCUT2D eigenvalue weighted by Crippen LogP contribution is 2.17. The minimum Gasteiger partial charge on any atom is -0.508 e. The first-order chi connectivity index (χ1) is 6.68. The Bertz CT molecular complexity index is 464. The van der Waals surface area contributed by atoms with E-state index in [-0.39, 0.29) is 5.75 Å². The van der Waals surface area contributed by atoms with Crippen molar-refractivity contribution in [3.05, 3.63) is 30.0 Å². The molecule has 0 aliphatic rings. The van der Waals surface area contributed by atoms with Crippen molar-refractivity contribution in [2.45, 2.75) is 6.92 Å². The van der Waals surface area contributed by atoms with Gasteiger partial charge in [-0.05, 0) is 19.1 Å². The summed E-state index contributed by atoms with van der Waals surface area (Å²) >= 11 is 0. The lowest BCUT2D eigenvalue weighted by Gasteiger charge is -2.02. The maximum absolute atomic E-state index is 9.28. The third-order valence-corrected chi connectivity index (χ3v) is 2.00. The van der Waals surface area contributed by atoms with Gasteiger partial charge in [-0.2, -0.15) is 0 Å². The molecule has 5 heteroatoms. The average Bonchev–Trinajstić information content (AvgIpc) is 2.48. The van der Waals surface area contributed by atoms with Crippen molar-refractivity contribution in [3.63, 3.8) is 0 Å². The van der Waals surface area contributed by atoms with Crippen molar-refractivity contribution >= 4 is 5.82 Å². The molecule has 0 radical (unpaired) electrons. The van der Waals surface area contributed by atoms with Crippen molar-refractivity contribution in [2.75, 3.05) is 5.73 Å². The van der Waals surface area contributed by atoms with Gasteiger partial charge in [0.05, 0.1) is 11.4 Å². The SMILES string of the molecule is Cc1c(N)nnn1-c1cccc(O)c1. The third kappa shape index (κ3) is 1.28. The van der Waals surface area contributed by atoms with Gasteiger partial charge in [-0.1, -0.05) is 11.3 Å². The molecular formula is C9H10N4O. The molecule has 2 aromatic rings. The van der Waals surface area contributed by atoms with Gasteiger partial charge in [0.1, 0.15) is 5.75 Å². The zero-order valence-corrected chi connectivity index (χ0v) is 7.68. The molecular weight excluding hydrogens is 180 g/mol. The second-order valence-corrected chi connectivity index (χ2v) is 2.99. The van der Waals surface area contributed by atoms with Gasteiger partial charge in [0.2, 0.25) is 0 Å². The highest BCUT2D eigenvalue weighted by molar-refractivity contribution is 5.42.